The molecule has 17 heavy (non-hydrogen) atoms. The van der Waals surface area contributed by atoms with Gasteiger partial charge in [0.1, 0.15) is 5.75 Å². The maximum Gasteiger partial charge on any atom is 0.273 e. The van der Waals surface area contributed by atoms with Gasteiger partial charge in [-0.3, -0.25) is 14.9 Å². The summed E-state index contributed by atoms with van der Waals surface area (Å²) in [5.41, 5.74) is 0.271. The number of carbonyl (C=O) groups is 1. The predicted octanol–water partition coefficient (Wildman–Crippen LogP) is 2.98. The van der Waals surface area contributed by atoms with E-state index in [-0.39, 0.29) is 11.4 Å². The molecule has 0 aromatic heterocycles. The van der Waals surface area contributed by atoms with Gasteiger partial charge < -0.3 is 4.74 Å². The van der Waals surface area contributed by atoms with Gasteiger partial charge in [0.05, 0.1) is 23.2 Å². The Balaban J connectivity index is 2.75. The molecule has 0 N–H and O–H groups in total. The molecule has 0 amide bonds. The zero-order valence-corrected chi connectivity index (χ0v) is 9.72. The molecule has 0 atom stereocenters. The molecule has 5 heteroatoms. The molecule has 1 rings (SSSR count). The first-order valence-electron chi connectivity index (χ1n) is 5.55. The summed E-state index contributed by atoms with van der Waals surface area (Å²) >= 11 is 0. The topological polar surface area (TPSA) is 69.4 Å². The normalized spacial score (nSPS) is 9.94. The molecule has 0 aliphatic carbocycles. The number of hydrogen-bond donors (Lipinski definition) is 0. The number of carbonyl (C=O) groups excluding carboxylic acids is 1. The molecule has 1 aromatic carbocycles. The van der Waals surface area contributed by atoms with Gasteiger partial charge in [0.2, 0.25) is 0 Å². The lowest BCUT2D eigenvalue weighted by molar-refractivity contribution is -0.384. The van der Waals surface area contributed by atoms with E-state index in [0.29, 0.717) is 18.5 Å². The van der Waals surface area contributed by atoms with Crippen molar-refractivity contribution < 1.29 is 14.5 Å². The van der Waals surface area contributed by atoms with E-state index in [1.165, 1.54) is 18.2 Å². The number of unbranched alkanes of at least 4 members (excludes halogenated alkanes) is 2. The summed E-state index contributed by atoms with van der Waals surface area (Å²) < 4.78 is 5.39. The minimum Gasteiger partial charge on any atom is -0.493 e. The summed E-state index contributed by atoms with van der Waals surface area (Å²) in [6.45, 7) is 2.54. The van der Waals surface area contributed by atoms with Crippen LogP contribution < -0.4 is 4.74 Å². The first-order valence-corrected chi connectivity index (χ1v) is 5.55. The Kier molecular flexibility index (Phi) is 5.13. The van der Waals surface area contributed by atoms with Crippen LogP contribution in [-0.2, 0) is 0 Å². The van der Waals surface area contributed by atoms with E-state index in [1.807, 2.05) is 0 Å². The van der Waals surface area contributed by atoms with Gasteiger partial charge in [0, 0.05) is 6.07 Å². The molecule has 1 aromatic rings. The fraction of sp³-hybridized carbons (Fsp3) is 0.417. The minimum absolute atomic E-state index is 0.0684. The number of ether oxygens (including phenoxy) is 1. The smallest absolute Gasteiger partial charge is 0.273 e. The van der Waals surface area contributed by atoms with Crippen LogP contribution in [0.4, 0.5) is 5.69 Å². The first-order chi connectivity index (χ1) is 8.19. The van der Waals surface area contributed by atoms with Crippen LogP contribution in [0.25, 0.3) is 0 Å². The van der Waals surface area contributed by atoms with Crippen molar-refractivity contribution >= 4 is 12.0 Å². The zero-order chi connectivity index (χ0) is 12.7. The Morgan fingerprint density at radius 2 is 2.18 bits per heavy atom. The van der Waals surface area contributed by atoms with Crippen molar-refractivity contribution in [3.05, 3.63) is 33.9 Å². The molecule has 0 heterocycles. The lowest BCUT2D eigenvalue weighted by Crippen LogP contribution is -2.01. The largest absolute Gasteiger partial charge is 0.493 e. The van der Waals surface area contributed by atoms with Crippen molar-refractivity contribution in [3.63, 3.8) is 0 Å². The Morgan fingerprint density at radius 3 is 2.76 bits per heavy atom. The number of non-ortho nitro benzene ring substituents is 1. The molecule has 0 saturated heterocycles. The van der Waals surface area contributed by atoms with Crippen molar-refractivity contribution in [1.82, 2.24) is 0 Å². The quantitative estimate of drug-likeness (QED) is 0.316. The molecular weight excluding hydrogens is 222 g/mol. The number of nitro groups is 1. The van der Waals surface area contributed by atoms with Crippen LogP contribution in [0, 0.1) is 10.1 Å². The van der Waals surface area contributed by atoms with Gasteiger partial charge in [-0.25, -0.2) is 0 Å². The van der Waals surface area contributed by atoms with E-state index in [2.05, 4.69) is 6.92 Å². The fourth-order valence-electron chi connectivity index (χ4n) is 1.39. The standard InChI is InChI=1S/C12H15NO4/c1-2-3-4-7-17-12-8-11(13(15)16)6-5-10(12)9-14/h5-6,8-9H,2-4,7H2,1H3. The molecule has 0 unspecified atom stereocenters. The van der Waals surface area contributed by atoms with E-state index in [1.54, 1.807) is 0 Å². The maximum absolute atomic E-state index is 10.7. The molecule has 0 spiro atoms. The highest BCUT2D eigenvalue weighted by Gasteiger charge is 2.11. The lowest BCUT2D eigenvalue weighted by atomic mass is 10.2. The summed E-state index contributed by atoms with van der Waals surface area (Å²) in [7, 11) is 0. The highest BCUT2D eigenvalue weighted by molar-refractivity contribution is 5.80. The van der Waals surface area contributed by atoms with Gasteiger partial charge >= 0.3 is 0 Å². The van der Waals surface area contributed by atoms with Crippen LogP contribution in [-0.4, -0.2) is 17.8 Å². The monoisotopic (exact) mass is 237 g/mol. The molecule has 0 aliphatic rings. The van der Waals surface area contributed by atoms with Crippen molar-refractivity contribution in [3.8, 4) is 5.75 Å². The number of rotatable bonds is 7. The third kappa shape index (κ3) is 3.86. The second-order valence-electron chi connectivity index (χ2n) is 3.65. The second-order valence-corrected chi connectivity index (χ2v) is 3.65. The Hall–Kier alpha value is -1.91. The van der Waals surface area contributed by atoms with E-state index >= 15 is 0 Å². The van der Waals surface area contributed by atoms with E-state index in [0.717, 1.165) is 19.3 Å². The zero-order valence-electron chi connectivity index (χ0n) is 9.72. The molecule has 0 saturated carbocycles. The van der Waals surface area contributed by atoms with Crippen LogP contribution >= 0.6 is 0 Å². The van der Waals surface area contributed by atoms with Crippen molar-refractivity contribution in [2.24, 2.45) is 0 Å². The van der Waals surface area contributed by atoms with Crippen LogP contribution in [0.2, 0.25) is 0 Å². The maximum atomic E-state index is 10.7. The minimum atomic E-state index is -0.506. The Labute approximate surface area is 99.5 Å². The number of nitro benzene ring substituents is 1. The summed E-state index contributed by atoms with van der Waals surface area (Å²) in [5, 5.41) is 10.6. The van der Waals surface area contributed by atoms with Gasteiger partial charge in [0.15, 0.2) is 6.29 Å². The van der Waals surface area contributed by atoms with Crippen LogP contribution in [0.3, 0.4) is 0 Å². The van der Waals surface area contributed by atoms with Gasteiger partial charge in [-0.15, -0.1) is 0 Å². The molecule has 0 bridgehead atoms. The van der Waals surface area contributed by atoms with Crippen molar-refractivity contribution in [2.75, 3.05) is 6.61 Å². The Bertz CT molecular complexity index is 403. The lowest BCUT2D eigenvalue weighted by Gasteiger charge is -2.07. The fourth-order valence-corrected chi connectivity index (χ4v) is 1.39. The molecule has 5 nitrogen and oxygen atoms in total. The van der Waals surface area contributed by atoms with Crippen molar-refractivity contribution in [1.29, 1.82) is 0 Å². The summed E-state index contributed by atoms with van der Waals surface area (Å²) in [6, 6.07) is 3.98. The highest BCUT2D eigenvalue weighted by atomic mass is 16.6. The van der Waals surface area contributed by atoms with Crippen LogP contribution in [0.5, 0.6) is 5.75 Å². The second kappa shape index (κ2) is 6.62. The molecule has 92 valence electrons. The number of hydrogen-bond acceptors (Lipinski definition) is 4. The molecule has 0 fully saturated rings. The number of benzene rings is 1. The average molecular weight is 237 g/mol. The number of nitrogens with zero attached hydrogens (tertiary/aromatic N) is 1. The van der Waals surface area contributed by atoms with Gasteiger partial charge in [-0.2, -0.15) is 0 Å². The van der Waals surface area contributed by atoms with Crippen LogP contribution in [0.15, 0.2) is 18.2 Å². The van der Waals surface area contributed by atoms with Gasteiger partial charge in [-0.05, 0) is 12.5 Å². The van der Waals surface area contributed by atoms with E-state index in [9.17, 15) is 14.9 Å². The Morgan fingerprint density at radius 1 is 1.41 bits per heavy atom. The molecular formula is C12H15NO4. The summed E-state index contributed by atoms with van der Waals surface area (Å²) in [5.74, 6) is 0.283. The van der Waals surface area contributed by atoms with Crippen molar-refractivity contribution in [2.45, 2.75) is 26.2 Å². The molecule has 0 radical (unpaired) electrons. The molecule has 0 aliphatic heterocycles. The SMILES string of the molecule is CCCCCOc1cc([N+](=O)[O-])ccc1C=O. The van der Waals surface area contributed by atoms with Gasteiger partial charge in [0.25, 0.3) is 5.69 Å². The van der Waals surface area contributed by atoms with E-state index < -0.39 is 4.92 Å². The highest BCUT2D eigenvalue weighted by Crippen LogP contribution is 2.23. The van der Waals surface area contributed by atoms with Gasteiger partial charge in [-0.1, -0.05) is 19.8 Å². The third-order valence-corrected chi connectivity index (χ3v) is 2.34. The van der Waals surface area contributed by atoms with E-state index in [4.69, 9.17) is 4.74 Å². The van der Waals surface area contributed by atoms with Crippen LogP contribution in [0.1, 0.15) is 36.5 Å². The summed E-state index contributed by atoms with van der Waals surface area (Å²) in [4.78, 5) is 20.8. The third-order valence-electron chi connectivity index (χ3n) is 2.34. The predicted molar refractivity (Wildman–Crippen MR) is 63.5 cm³/mol. The summed E-state index contributed by atoms with van der Waals surface area (Å²) in [6.07, 6.45) is 3.61. The number of aldehydes is 1. The average Bonchev–Trinajstić information content (AvgIpc) is 2.34. The first kappa shape index (κ1) is 13.2.